The number of esters is 1. The van der Waals surface area contributed by atoms with Crippen molar-refractivity contribution in [2.24, 2.45) is 17.8 Å². The molecule has 3 aliphatic rings. The molecule has 3 fully saturated rings. The molecule has 4 rings (SSSR count). The van der Waals surface area contributed by atoms with Crippen molar-refractivity contribution < 1.29 is 29.0 Å². The lowest BCUT2D eigenvalue weighted by molar-refractivity contribution is -0.162. The van der Waals surface area contributed by atoms with E-state index in [1.54, 1.807) is 6.92 Å². The van der Waals surface area contributed by atoms with Gasteiger partial charge >= 0.3 is 5.97 Å². The smallest absolute Gasteiger partial charge is 0.312 e. The summed E-state index contributed by atoms with van der Waals surface area (Å²) in [6, 6.07) is 7.40. The van der Waals surface area contributed by atoms with Gasteiger partial charge in [-0.3, -0.25) is 14.4 Å². The molecule has 8 heteroatoms. The number of nitrogens with zero attached hydrogens (tertiary/aromatic N) is 1. The van der Waals surface area contributed by atoms with Crippen molar-refractivity contribution in [2.45, 2.75) is 83.2 Å². The number of amides is 2. The minimum absolute atomic E-state index is 0.0615. The van der Waals surface area contributed by atoms with Crippen LogP contribution in [0.1, 0.15) is 65.5 Å². The highest BCUT2D eigenvalue weighted by atomic mass is 16.6. The molecule has 1 spiro atoms. The van der Waals surface area contributed by atoms with Crippen molar-refractivity contribution in [2.75, 3.05) is 13.2 Å². The molecule has 35 heavy (non-hydrogen) atoms. The molecule has 2 N–H and O–H groups in total. The van der Waals surface area contributed by atoms with Gasteiger partial charge in [0.2, 0.25) is 11.8 Å². The Morgan fingerprint density at radius 1 is 1.29 bits per heavy atom. The lowest BCUT2D eigenvalue weighted by Crippen LogP contribution is -2.57. The molecule has 2 amide bonds. The van der Waals surface area contributed by atoms with E-state index in [0.29, 0.717) is 6.42 Å². The molecule has 192 valence electrons. The number of fused-ring (bicyclic) bond motifs is 1. The summed E-state index contributed by atoms with van der Waals surface area (Å²) in [5.74, 6) is -2.85. The first-order valence-electron chi connectivity index (χ1n) is 12.8. The summed E-state index contributed by atoms with van der Waals surface area (Å²) in [5, 5.41) is 13.5. The number of likely N-dealkylation sites (tertiary alicyclic amines) is 1. The predicted molar refractivity (Wildman–Crippen MR) is 129 cm³/mol. The highest BCUT2D eigenvalue weighted by Gasteiger charge is 2.80. The Morgan fingerprint density at radius 3 is 2.57 bits per heavy atom. The van der Waals surface area contributed by atoms with Crippen molar-refractivity contribution in [1.29, 1.82) is 0 Å². The van der Waals surface area contributed by atoms with Gasteiger partial charge in [0, 0.05) is 6.04 Å². The fourth-order valence-corrected chi connectivity index (χ4v) is 6.76. The zero-order chi connectivity index (χ0) is 25.5. The SMILES string of the molecule is CCCC(C)NC(=O)C1N([C@H](CO)c2ccccc2)C(=O)[C@@H]2[C@H](C(=O)OCC)[C@@]3(C)OC12CC3C. The average molecular weight is 487 g/mol. The Bertz CT molecular complexity index is 970. The molecule has 4 unspecified atom stereocenters. The van der Waals surface area contributed by atoms with E-state index in [2.05, 4.69) is 5.32 Å². The third-order valence-electron chi connectivity index (χ3n) is 8.34. The summed E-state index contributed by atoms with van der Waals surface area (Å²) < 4.78 is 12.1. The highest BCUT2D eigenvalue weighted by Crippen LogP contribution is 2.66. The Labute approximate surface area is 207 Å². The third kappa shape index (κ3) is 3.85. The van der Waals surface area contributed by atoms with Crippen LogP contribution in [0.25, 0.3) is 0 Å². The second-order valence-electron chi connectivity index (χ2n) is 10.5. The van der Waals surface area contributed by atoms with Crippen LogP contribution in [-0.4, -0.2) is 64.3 Å². The number of hydrogen-bond donors (Lipinski definition) is 2. The number of ether oxygens (including phenoxy) is 2. The molecule has 8 nitrogen and oxygen atoms in total. The van der Waals surface area contributed by atoms with E-state index in [9.17, 15) is 19.5 Å². The Hall–Kier alpha value is -2.45. The summed E-state index contributed by atoms with van der Waals surface area (Å²) in [4.78, 5) is 42.8. The molecular formula is C27H38N2O6. The van der Waals surface area contributed by atoms with Crippen molar-refractivity contribution in [3.63, 3.8) is 0 Å². The summed E-state index contributed by atoms with van der Waals surface area (Å²) >= 11 is 0. The van der Waals surface area contributed by atoms with Gasteiger partial charge in [-0.2, -0.15) is 0 Å². The van der Waals surface area contributed by atoms with Crippen molar-refractivity contribution >= 4 is 17.8 Å². The first-order valence-corrected chi connectivity index (χ1v) is 12.8. The van der Waals surface area contributed by atoms with Gasteiger partial charge in [0.05, 0.1) is 30.8 Å². The molecule has 3 saturated heterocycles. The second kappa shape index (κ2) is 9.54. The van der Waals surface area contributed by atoms with E-state index in [4.69, 9.17) is 9.47 Å². The molecule has 0 saturated carbocycles. The number of benzene rings is 1. The number of carbonyl (C=O) groups is 3. The van der Waals surface area contributed by atoms with Crippen LogP contribution >= 0.6 is 0 Å². The van der Waals surface area contributed by atoms with Gasteiger partial charge in [-0.25, -0.2) is 0 Å². The summed E-state index contributed by atoms with van der Waals surface area (Å²) in [7, 11) is 0. The predicted octanol–water partition coefficient (Wildman–Crippen LogP) is 2.60. The maximum absolute atomic E-state index is 14.2. The van der Waals surface area contributed by atoms with Crippen LogP contribution in [0.2, 0.25) is 0 Å². The maximum atomic E-state index is 14.2. The van der Waals surface area contributed by atoms with Gasteiger partial charge in [0.1, 0.15) is 17.6 Å². The van der Waals surface area contributed by atoms with E-state index in [1.165, 1.54) is 4.90 Å². The normalized spacial score (nSPS) is 35.0. The monoisotopic (exact) mass is 486 g/mol. The highest BCUT2D eigenvalue weighted by molar-refractivity contribution is 5.99. The van der Waals surface area contributed by atoms with E-state index < -0.39 is 41.1 Å². The molecule has 0 aromatic heterocycles. The van der Waals surface area contributed by atoms with Gasteiger partial charge in [-0.05, 0) is 45.1 Å². The van der Waals surface area contributed by atoms with E-state index in [1.807, 2.05) is 58.0 Å². The van der Waals surface area contributed by atoms with Crippen LogP contribution in [0.5, 0.6) is 0 Å². The van der Waals surface area contributed by atoms with Crippen LogP contribution in [0.3, 0.4) is 0 Å². The largest absolute Gasteiger partial charge is 0.466 e. The van der Waals surface area contributed by atoms with Gasteiger partial charge in [0.15, 0.2) is 0 Å². The van der Waals surface area contributed by atoms with Crippen molar-refractivity contribution in [1.82, 2.24) is 10.2 Å². The van der Waals surface area contributed by atoms with Crippen molar-refractivity contribution in [3.8, 4) is 0 Å². The number of aliphatic hydroxyl groups is 1. The minimum atomic E-state index is -1.17. The van der Waals surface area contributed by atoms with Crippen LogP contribution in [0.4, 0.5) is 0 Å². The number of aliphatic hydroxyl groups excluding tert-OH is 1. The zero-order valence-corrected chi connectivity index (χ0v) is 21.3. The zero-order valence-electron chi connectivity index (χ0n) is 21.3. The minimum Gasteiger partial charge on any atom is -0.466 e. The number of hydrogen-bond acceptors (Lipinski definition) is 6. The number of nitrogens with one attached hydrogen (secondary N) is 1. The second-order valence-corrected chi connectivity index (χ2v) is 10.5. The van der Waals surface area contributed by atoms with Crippen molar-refractivity contribution in [3.05, 3.63) is 35.9 Å². The third-order valence-corrected chi connectivity index (χ3v) is 8.34. The van der Waals surface area contributed by atoms with Crippen LogP contribution in [0, 0.1) is 17.8 Å². The van der Waals surface area contributed by atoms with Gasteiger partial charge in [0.25, 0.3) is 0 Å². The van der Waals surface area contributed by atoms with Gasteiger partial charge in [-0.15, -0.1) is 0 Å². The first kappa shape index (κ1) is 25.6. The van der Waals surface area contributed by atoms with E-state index in [-0.39, 0.29) is 37.0 Å². The molecular weight excluding hydrogens is 448 g/mol. The Balaban J connectivity index is 1.83. The van der Waals surface area contributed by atoms with Crippen LogP contribution in [-0.2, 0) is 23.9 Å². The lowest BCUT2D eigenvalue weighted by atomic mass is 9.62. The molecule has 8 atom stereocenters. The summed E-state index contributed by atoms with van der Waals surface area (Å²) in [5.41, 5.74) is -1.35. The molecule has 2 bridgehead atoms. The quantitative estimate of drug-likeness (QED) is 0.520. The summed E-state index contributed by atoms with van der Waals surface area (Å²) in [6.45, 7) is 9.42. The Morgan fingerprint density at radius 2 is 1.97 bits per heavy atom. The number of carbonyl (C=O) groups excluding carboxylic acids is 3. The average Bonchev–Trinajstić information content (AvgIpc) is 3.32. The van der Waals surface area contributed by atoms with Crippen LogP contribution in [0.15, 0.2) is 30.3 Å². The molecule has 1 aromatic rings. The summed E-state index contributed by atoms with van der Waals surface area (Å²) in [6.07, 6.45) is 2.17. The topological polar surface area (TPSA) is 105 Å². The fourth-order valence-electron chi connectivity index (χ4n) is 6.76. The molecule has 0 radical (unpaired) electrons. The Kier molecular flexibility index (Phi) is 6.99. The molecule has 3 heterocycles. The van der Waals surface area contributed by atoms with E-state index in [0.717, 1.165) is 18.4 Å². The molecule has 3 aliphatic heterocycles. The lowest BCUT2D eigenvalue weighted by Gasteiger charge is -2.37. The maximum Gasteiger partial charge on any atom is 0.312 e. The standard InChI is InChI=1S/C27H38N2O6/c1-6-11-17(4)28-23(31)22-27-14-16(3)26(5,35-27)21(25(33)34-7-2)20(27)24(32)29(22)19(15-30)18-12-9-8-10-13-18/h8-10,12-13,16-17,19-22,30H,6-7,11,14-15H2,1-5H3,(H,28,31)/t16?,17?,19-,20+,21-,22?,26+,27?/m1/s1. The fraction of sp³-hybridized carbons (Fsp3) is 0.667. The molecule has 1 aromatic carbocycles. The van der Waals surface area contributed by atoms with Crippen LogP contribution < -0.4 is 5.32 Å². The first-order chi connectivity index (χ1) is 16.7. The van der Waals surface area contributed by atoms with Gasteiger partial charge < -0.3 is 24.8 Å². The molecule has 0 aliphatic carbocycles. The van der Waals surface area contributed by atoms with E-state index >= 15 is 0 Å². The van der Waals surface area contributed by atoms with Gasteiger partial charge in [-0.1, -0.05) is 50.6 Å². The number of rotatable bonds is 9.